The number of amides is 2. The van der Waals surface area contributed by atoms with Crippen molar-refractivity contribution >= 4 is 12.0 Å². The Bertz CT molecular complexity index is 1270. The zero-order chi connectivity index (χ0) is 27.9. The van der Waals surface area contributed by atoms with Gasteiger partial charge in [-0.25, -0.2) is 9.78 Å². The molecule has 1 aliphatic carbocycles. The molecule has 0 unspecified atom stereocenters. The maximum absolute atomic E-state index is 14.3. The number of carboxylic acid groups (broad SMARTS) is 1. The summed E-state index contributed by atoms with van der Waals surface area (Å²) in [6, 6.07) is 19.8. The van der Waals surface area contributed by atoms with Crippen molar-refractivity contribution in [2.24, 2.45) is 0 Å². The molecule has 0 spiro atoms. The Labute approximate surface area is 235 Å². The van der Waals surface area contributed by atoms with Crippen LogP contribution in [0.5, 0.6) is 0 Å². The van der Waals surface area contributed by atoms with Crippen LogP contribution in [0, 0.1) is 0 Å². The number of benzene rings is 2. The molecule has 212 valence electrons. The monoisotopic (exact) mass is 545 g/mol. The van der Waals surface area contributed by atoms with Crippen LogP contribution in [0.15, 0.2) is 67.0 Å². The average molecular weight is 546 g/mol. The highest BCUT2D eigenvalue weighted by molar-refractivity contribution is 5.98. The van der Waals surface area contributed by atoms with Gasteiger partial charge in [0.05, 0.1) is 30.7 Å². The van der Waals surface area contributed by atoms with Gasteiger partial charge in [-0.05, 0) is 24.8 Å². The van der Waals surface area contributed by atoms with Crippen molar-refractivity contribution in [1.29, 1.82) is 0 Å². The van der Waals surface area contributed by atoms with E-state index in [1.807, 2.05) is 53.4 Å². The smallest absolute Gasteiger partial charge is 0.407 e. The highest BCUT2D eigenvalue weighted by Gasteiger charge is 2.37. The van der Waals surface area contributed by atoms with Crippen molar-refractivity contribution in [2.75, 3.05) is 39.9 Å². The van der Waals surface area contributed by atoms with Crippen LogP contribution >= 0.6 is 0 Å². The van der Waals surface area contributed by atoms with Gasteiger partial charge >= 0.3 is 6.09 Å². The Morgan fingerprint density at radius 3 is 2.52 bits per heavy atom. The van der Waals surface area contributed by atoms with E-state index in [1.165, 1.54) is 10.5 Å². The maximum Gasteiger partial charge on any atom is 0.407 e. The fourth-order valence-electron chi connectivity index (χ4n) is 6.26. The number of nitrogens with one attached hydrogen (secondary N) is 1. The summed E-state index contributed by atoms with van der Waals surface area (Å²) in [4.78, 5) is 34.8. The van der Waals surface area contributed by atoms with Crippen molar-refractivity contribution in [1.82, 2.24) is 24.7 Å². The second-order valence-electron chi connectivity index (χ2n) is 10.6. The topological polar surface area (TPSA) is 99.9 Å². The van der Waals surface area contributed by atoms with E-state index in [0.29, 0.717) is 25.4 Å². The summed E-state index contributed by atoms with van der Waals surface area (Å²) in [5.74, 6) is -0.0816. The fraction of sp³-hybridized carbons (Fsp3) is 0.452. The standard InChI is InChI=1S/C31H39N5O4/c1-40-19-18-35(31(38)39)26-14-8-9-15-27(26)36-22-33-28(29(36)24-12-6-3-7-13-24)30(37)34-17-16-32-21-25(34)20-23-10-4-2-5-11-23/h2-7,10-13,22,25-27,32H,8-9,14-21H2,1H3,(H,38,39)/t25-,26+,27+/m1/s1. The summed E-state index contributed by atoms with van der Waals surface area (Å²) < 4.78 is 7.30. The highest BCUT2D eigenvalue weighted by Crippen LogP contribution is 2.37. The molecule has 40 heavy (non-hydrogen) atoms. The second-order valence-corrected chi connectivity index (χ2v) is 10.6. The number of nitrogens with zero attached hydrogens (tertiary/aromatic N) is 4. The predicted molar refractivity (Wildman–Crippen MR) is 153 cm³/mol. The summed E-state index contributed by atoms with van der Waals surface area (Å²) in [5.41, 5.74) is 3.28. The van der Waals surface area contributed by atoms with Gasteiger partial charge in [0.1, 0.15) is 0 Å². The molecule has 2 fully saturated rings. The largest absolute Gasteiger partial charge is 0.465 e. The Hall–Kier alpha value is -3.69. The molecular weight excluding hydrogens is 506 g/mol. The van der Waals surface area contributed by atoms with E-state index in [-0.39, 0.29) is 24.0 Å². The van der Waals surface area contributed by atoms with E-state index in [1.54, 1.807) is 13.4 Å². The lowest BCUT2D eigenvalue weighted by Gasteiger charge is -2.40. The molecule has 3 atom stereocenters. The number of methoxy groups -OCH3 is 1. The molecule has 2 aliphatic rings. The molecular formula is C31H39N5O4. The summed E-state index contributed by atoms with van der Waals surface area (Å²) in [6.07, 6.45) is 5.09. The fourth-order valence-corrected chi connectivity index (χ4v) is 6.26. The summed E-state index contributed by atoms with van der Waals surface area (Å²) in [5, 5.41) is 13.5. The number of aromatic nitrogens is 2. The van der Waals surface area contributed by atoms with Gasteiger partial charge in [0.2, 0.25) is 0 Å². The van der Waals surface area contributed by atoms with Crippen molar-refractivity contribution in [3.05, 3.63) is 78.2 Å². The lowest BCUT2D eigenvalue weighted by atomic mass is 9.88. The minimum atomic E-state index is -0.948. The van der Waals surface area contributed by atoms with Gasteiger partial charge in [0.15, 0.2) is 5.69 Å². The maximum atomic E-state index is 14.3. The third-order valence-corrected chi connectivity index (χ3v) is 8.20. The average Bonchev–Trinajstić information content (AvgIpc) is 3.43. The molecule has 2 amide bonds. The van der Waals surface area contributed by atoms with Crippen LogP contribution in [0.1, 0.15) is 47.8 Å². The van der Waals surface area contributed by atoms with E-state index in [4.69, 9.17) is 9.72 Å². The molecule has 0 bridgehead atoms. The molecule has 9 nitrogen and oxygen atoms in total. The zero-order valence-corrected chi connectivity index (χ0v) is 23.1. The predicted octanol–water partition coefficient (Wildman–Crippen LogP) is 4.32. The van der Waals surface area contributed by atoms with E-state index in [2.05, 4.69) is 22.0 Å². The first kappa shape index (κ1) is 27.9. The lowest BCUT2D eigenvalue weighted by molar-refractivity contribution is 0.0627. The number of carbonyl (C=O) groups excluding carboxylic acids is 1. The number of rotatable bonds is 9. The van der Waals surface area contributed by atoms with Crippen LogP contribution < -0.4 is 5.32 Å². The van der Waals surface area contributed by atoms with Crippen molar-refractivity contribution < 1.29 is 19.4 Å². The van der Waals surface area contributed by atoms with E-state index in [0.717, 1.165) is 56.5 Å². The van der Waals surface area contributed by atoms with Gasteiger partial charge < -0.3 is 29.5 Å². The quantitative estimate of drug-likeness (QED) is 0.416. The van der Waals surface area contributed by atoms with Gasteiger partial charge in [-0.1, -0.05) is 73.5 Å². The summed E-state index contributed by atoms with van der Waals surface area (Å²) in [6.45, 7) is 2.69. The third-order valence-electron chi connectivity index (χ3n) is 8.20. The molecule has 1 saturated heterocycles. The van der Waals surface area contributed by atoms with Gasteiger partial charge in [0.25, 0.3) is 5.91 Å². The van der Waals surface area contributed by atoms with Crippen molar-refractivity contribution in [3.8, 4) is 11.3 Å². The number of hydrogen-bond donors (Lipinski definition) is 2. The molecule has 2 aromatic carbocycles. The number of piperazine rings is 1. The SMILES string of the molecule is COCCN(C(=O)O)[C@H]1CCCC[C@@H]1n1cnc(C(=O)N2CCNC[C@H]2Cc2ccccc2)c1-c1ccccc1. The Kier molecular flexibility index (Phi) is 9.13. The van der Waals surface area contributed by atoms with Crippen LogP contribution in [-0.4, -0.2) is 88.4 Å². The van der Waals surface area contributed by atoms with Gasteiger partial charge in [-0.15, -0.1) is 0 Å². The molecule has 1 saturated carbocycles. The molecule has 1 aromatic heterocycles. The van der Waals surface area contributed by atoms with E-state index >= 15 is 0 Å². The van der Waals surface area contributed by atoms with E-state index < -0.39 is 6.09 Å². The van der Waals surface area contributed by atoms with Crippen LogP contribution in [0.4, 0.5) is 4.79 Å². The molecule has 0 radical (unpaired) electrons. The van der Waals surface area contributed by atoms with Crippen LogP contribution in [0.2, 0.25) is 0 Å². The Morgan fingerprint density at radius 1 is 1.07 bits per heavy atom. The van der Waals surface area contributed by atoms with Crippen LogP contribution in [-0.2, 0) is 11.2 Å². The van der Waals surface area contributed by atoms with Crippen LogP contribution in [0.3, 0.4) is 0 Å². The van der Waals surface area contributed by atoms with Gasteiger partial charge in [-0.2, -0.15) is 0 Å². The minimum absolute atomic E-state index is 0.0106. The van der Waals surface area contributed by atoms with Gasteiger partial charge in [-0.3, -0.25) is 4.79 Å². The molecule has 2 heterocycles. The normalized spacial score (nSPS) is 21.2. The minimum Gasteiger partial charge on any atom is -0.465 e. The molecule has 9 heteroatoms. The lowest BCUT2D eigenvalue weighted by Crippen LogP contribution is -2.54. The number of imidazole rings is 1. The first-order chi connectivity index (χ1) is 19.6. The first-order valence-corrected chi connectivity index (χ1v) is 14.2. The molecule has 1 aliphatic heterocycles. The highest BCUT2D eigenvalue weighted by atomic mass is 16.5. The Balaban J connectivity index is 1.52. The zero-order valence-electron chi connectivity index (χ0n) is 23.1. The summed E-state index contributed by atoms with van der Waals surface area (Å²) in [7, 11) is 1.58. The van der Waals surface area contributed by atoms with Crippen LogP contribution in [0.25, 0.3) is 11.3 Å². The number of ether oxygens (including phenoxy) is 1. The Morgan fingerprint density at radius 2 is 1.80 bits per heavy atom. The summed E-state index contributed by atoms with van der Waals surface area (Å²) >= 11 is 0. The number of carbonyl (C=O) groups is 2. The first-order valence-electron chi connectivity index (χ1n) is 14.2. The van der Waals surface area contributed by atoms with Gasteiger partial charge in [0, 0.05) is 44.9 Å². The molecule has 3 aromatic rings. The molecule has 2 N–H and O–H groups in total. The third kappa shape index (κ3) is 6.05. The molecule has 5 rings (SSSR count). The van der Waals surface area contributed by atoms with E-state index in [9.17, 15) is 14.7 Å². The second kappa shape index (κ2) is 13.1. The number of hydrogen-bond acceptors (Lipinski definition) is 5. The van der Waals surface area contributed by atoms with Crippen molar-refractivity contribution in [3.63, 3.8) is 0 Å². The van der Waals surface area contributed by atoms with Crippen molar-refractivity contribution in [2.45, 2.75) is 50.2 Å².